The van der Waals surface area contributed by atoms with Crippen LogP contribution in [0.2, 0.25) is 5.02 Å². The maximum Gasteiger partial charge on any atom is 0.384 e. The molecule has 0 amide bonds. The van der Waals surface area contributed by atoms with Crippen molar-refractivity contribution in [2.24, 2.45) is 0 Å². The Bertz CT molecular complexity index is 418. The van der Waals surface area contributed by atoms with Crippen LogP contribution in [0, 0.1) is 17.7 Å². The van der Waals surface area contributed by atoms with Crippen LogP contribution in [0.1, 0.15) is 5.56 Å². The van der Waals surface area contributed by atoms with Crippen LogP contribution < -0.4 is 0 Å². The van der Waals surface area contributed by atoms with Crippen molar-refractivity contribution >= 4 is 17.6 Å². The van der Waals surface area contributed by atoms with Crippen LogP contribution in [0.4, 0.5) is 4.39 Å². The highest BCUT2D eigenvalue weighted by atomic mass is 35.5. The number of ether oxygens (including phenoxy) is 1. The first kappa shape index (κ1) is 10.6. The van der Waals surface area contributed by atoms with Crippen LogP contribution in [0.5, 0.6) is 0 Å². The summed E-state index contributed by atoms with van der Waals surface area (Å²) in [4.78, 5) is 10.6. The fraction of sp³-hybridized carbons (Fsp3) is 0.100. The first-order chi connectivity index (χ1) is 6.65. The van der Waals surface area contributed by atoms with Crippen LogP contribution in [0.15, 0.2) is 18.2 Å². The Morgan fingerprint density at radius 2 is 2.29 bits per heavy atom. The van der Waals surface area contributed by atoms with Crippen molar-refractivity contribution in [2.45, 2.75) is 0 Å². The Hall–Kier alpha value is -1.53. The van der Waals surface area contributed by atoms with Crippen LogP contribution in [-0.2, 0) is 9.53 Å². The molecule has 0 atom stereocenters. The molecule has 0 bridgehead atoms. The predicted octanol–water partition coefficient (Wildman–Crippen LogP) is 2.00. The highest BCUT2D eigenvalue weighted by Crippen LogP contribution is 2.16. The first-order valence-corrected chi connectivity index (χ1v) is 4.07. The van der Waals surface area contributed by atoms with E-state index in [0.29, 0.717) is 0 Å². The molecule has 14 heavy (non-hydrogen) atoms. The molecular formula is C10H6ClFO2. The molecular weight excluding hydrogens is 207 g/mol. The first-order valence-electron chi connectivity index (χ1n) is 3.69. The van der Waals surface area contributed by atoms with Gasteiger partial charge in [-0.15, -0.1) is 0 Å². The van der Waals surface area contributed by atoms with Crippen molar-refractivity contribution in [1.29, 1.82) is 0 Å². The molecule has 1 rings (SSSR count). The van der Waals surface area contributed by atoms with Gasteiger partial charge < -0.3 is 4.74 Å². The van der Waals surface area contributed by atoms with Gasteiger partial charge in [0.25, 0.3) is 0 Å². The summed E-state index contributed by atoms with van der Waals surface area (Å²) in [6.45, 7) is 0. The highest BCUT2D eigenvalue weighted by Gasteiger charge is 2.03. The lowest BCUT2D eigenvalue weighted by molar-refractivity contribution is -0.133. The standard InChI is InChI=1S/C10H6ClFO2/c1-14-9(13)6-5-7-3-2-4-8(11)10(7)12/h2-4H,1H3. The fourth-order valence-electron chi connectivity index (χ4n) is 0.770. The van der Waals surface area contributed by atoms with E-state index in [1.807, 2.05) is 0 Å². The van der Waals surface area contributed by atoms with E-state index in [-0.39, 0.29) is 10.6 Å². The third-order valence-electron chi connectivity index (χ3n) is 1.44. The van der Waals surface area contributed by atoms with Crippen molar-refractivity contribution in [3.63, 3.8) is 0 Å². The molecule has 0 aliphatic rings. The normalized spacial score (nSPS) is 8.79. The highest BCUT2D eigenvalue weighted by molar-refractivity contribution is 6.30. The van der Waals surface area contributed by atoms with Gasteiger partial charge in [-0.3, -0.25) is 0 Å². The molecule has 0 unspecified atom stereocenters. The quantitative estimate of drug-likeness (QED) is 0.486. The largest absolute Gasteiger partial charge is 0.459 e. The minimum absolute atomic E-state index is 0.0262. The number of esters is 1. The average Bonchev–Trinajstić information content (AvgIpc) is 2.20. The van der Waals surface area contributed by atoms with E-state index in [1.54, 1.807) is 6.07 Å². The summed E-state index contributed by atoms with van der Waals surface area (Å²) in [5.74, 6) is 3.08. The van der Waals surface area contributed by atoms with Gasteiger partial charge in [0.05, 0.1) is 17.7 Å². The smallest absolute Gasteiger partial charge is 0.384 e. The molecule has 0 aliphatic carbocycles. The molecule has 1 aromatic carbocycles. The number of rotatable bonds is 0. The summed E-state index contributed by atoms with van der Waals surface area (Å²) in [6, 6.07) is 4.38. The zero-order valence-electron chi connectivity index (χ0n) is 7.30. The molecule has 0 N–H and O–H groups in total. The van der Waals surface area contributed by atoms with Gasteiger partial charge in [0.15, 0.2) is 5.82 Å². The summed E-state index contributed by atoms with van der Waals surface area (Å²) in [7, 11) is 1.20. The van der Waals surface area contributed by atoms with Gasteiger partial charge in [-0.1, -0.05) is 23.6 Å². The van der Waals surface area contributed by atoms with Gasteiger partial charge in [-0.05, 0) is 12.1 Å². The number of methoxy groups -OCH3 is 1. The predicted molar refractivity (Wildman–Crippen MR) is 50.3 cm³/mol. The number of benzene rings is 1. The average molecular weight is 213 g/mol. The Labute approximate surface area is 85.6 Å². The fourth-order valence-corrected chi connectivity index (χ4v) is 0.944. The van der Waals surface area contributed by atoms with E-state index in [4.69, 9.17) is 11.6 Å². The summed E-state index contributed by atoms with van der Waals surface area (Å²) < 4.78 is 17.4. The molecule has 0 heterocycles. The van der Waals surface area contributed by atoms with Crippen molar-refractivity contribution < 1.29 is 13.9 Å². The Morgan fingerprint density at radius 3 is 2.93 bits per heavy atom. The van der Waals surface area contributed by atoms with Crippen LogP contribution in [0.3, 0.4) is 0 Å². The second kappa shape index (κ2) is 4.64. The third kappa shape index (κ3) is 2.48. The van der Waals surface area contributed by atoms with Crippen LogP contribution >= 0.6 is 11.6 Å². The van der Waals surface area contributed by atoms with E-state index in [1.165, 1.54) is 19.2 Å². The molecule has 1 aromatic rings. The summed E-state index contributed by atoms with van der Waals surface area (Å²) >= 11 is 5.50. The van der Waals surface area contributed by atoms with E-state index in [2.05, 4.69) is 16.6 Å². The monoisotopic (exact) mass is 212 g/mol. The van der Waals surface area contributed by atoms with E-state index < -0.39 is 11.8 Å². The minimum atomic E-state index is -0.718. The molecule has 0 fully saturated rings. The third-order valence-corrected chi connectivity index (χ3v) is 1.73. The number of hydrogen-bond acceptors (Lipinski definition) is 2. The number of carbonyl (C=O) groups is 1. The molecule has 72 valence electrons. The lowest BCUT2D eigenvalue weighted by Gasteiger charge is -1.95. The molecule has 0 spiro atoms. The topological polar surface area (TPSA) is 26.3 Å². The van der Waals surface area contributed by atoms with Gasteiger partial charge in [-0.2, -0.15) is 0 Å². The summed E-state index contributed by atoms with van der Waals surface area (Å²) in [5, 5.41) is -0.0262. The Balaban J connectivity index is 3.01. The Morgan fingerprint density at radius 1 is 1.57 bits per heavy atom. The van der Waals surface area contributed by atoms with Crippen LogP contribution in [0.25, 0.3) is 0 Å². The second-order valence-corrected chi connectivity index (χ2v) is 2.75. The number of hydrogen-bond donors (Lipinski definition) is 0. The van der Waals surface area contributed by atoms with Crippen molar-refractivity contribution in [2.75, 3.05) is 7.11 Å². The molecule has 0 aliphatic heterocycles. The zero-order valence-corrected chi connectivity index (χ0v) is 8.06. The minimum Gasteiger partial charge on any atom is -0.459 e. The molecule has 4 heteroatoms. The molecule has 2 nitrogen and oxygen atoms in total. The van der Waals surface area contributed by atoms with Crippen LogP contribution in [-0.4, -0.2) is 13.1 Å². The van der Waals surface area contributed by atoms with Gasteiger partial charge in [0, 0.05) is 5.92 Å². The van der Waals surface area contributed by atoms with Gasteiger partial charge in [-0.25, -0.2) is 9.18 Å². The van der Waals surface area contributed by atoms with Gasteiger partial charge in [0.1, 0.15) is 0 Å². The SMILES string of the molecule is COC(=O)C#Cc1cccc(Cl)c1F. The Kier molecular flexibility index (Phi) is 3.49. The van der Waals surface area contributed by atoms with Crippen molar-refractivity contribution in [3.8, 4) is 11.8 Å². The van der Waals surface area contributed by atoms with Crippen molar-refractivity contribution in [3.05, 3.63) is 34.6 Å². The molecule has 0 saturated heterocycles. The molecule has 0 aromatic heterocycles. The number of carbonyl (C=O) groups excluding carboxylic acids is 1. The number of halogens is 2. The maximum atomic E-state index is 13.2. The maximum absolute atomic E-state index is 13.2. The lowest BCUT2D eigenvalue weighted by atomic mass is 10.2. The lowest BCUT2D eigenvalue weighted by Crippen LogP contribution is -1.95. The summed E-state index contributed by atoms with van der Waals surface area (Å²) in [6.07, 6.45) is 0. The van der Waals surface area contributed by atoms with E-state index in [0.717, 1.165) is 0 Å². The van der Waals surface area contributed by atoms with Gasteiger partial charge in [0.2, 0.25) is 0 Å². The summed E-state index contributed by atoms with van der Waals surface area (Å²) in [5.41, 5.74) is 0.0721. The zero-order chi connectivity index (χ0) is 10.6. The van der Waals surface area contributed by atoms with E-state index >= 15 is 0 Å². The second-order valence-electron chi connectivity index (χ2n) is 2.34. The van der Waals surface area contributed by atoms with Crippen molar-refractivity contribution in [1.82, 2.24) is 0 Å². The molecule has 0 saturated carbocycles. The van der Waals surface area contributed by atoms with Gasteiger partial charge >= 0.3 is 5.97 Å². The van der Waals surface area contributed by atoms with E-state index in [9.17, 15) is 9.18 Å². The molecule has 0 radical (unpaired) electrons.